The molecule has 4 heteroatoms. The molecule has 130 valence electrons. The van der Waals surface area contributed by atoms with Crippen LogP contribution in [0.5, 0.6) is 11.5 Å². The third kappa shape index (κ3) is 7.53. The molecule has 0 spiro atoms. The zero-order valence-electron chi connectivity index (χ0n) is 15.5. The average molecular weight is 320 g/mol. The van der Waals surface area contributed by atoms with Crippen molar-refractivity contribution in [3.63, 3.8) is 0 Å². The van der Waals surface area contributed by atoms with Crippen LogP contribution < -0.4 is 14.8 Å². The molecule has 0 saturated carbocycles. The van der Waals surface area contributed by atoms with Crippen molar-refractivity contribution >= 4 is 0 Å². The highest BCUT2D eigenvalue weighted by molar-refractivity contribution is 5.43. The number of rotatable bonds is 10. The van der Waals surface area contributed by atoms with Crippen LogP contribution in [0.4, 0.5) is 0 Å². The molecule has 1 aromatic carbocycles. The molecule has 0 fully saturated rings. The minimum Gasteiger partial charge on any atom is -0.493 e. The van der Waals surface area contributed by atoms with E-state index in [0.29, 0.717) is 6.61 Å². The lowest BCUT2D eigenvalue weighted by Crippen LogP contribution is -2.37. The molecule has 23 heavy (non-hydrogen) atoms. The molecule has 1 aromatic rings. The number of nitrogens with one attached hydrogen (secondary N) is 1. The largest absolute Gasteiger partial charge is 0.493 e. The summed E-state index contributed by atoms with van der Waals surface area (Å²) in [4.78, 5) is 2.22. The summed E-state index contributed by atoms with van der Waals surface area (Å²) in [5.41, 5.74) is 2.40. The summed E-state index contributed by atoms with van der Waals surface area (Å²) in [5.74, 6) is 1.52. The van der Waals surface area contributed by atoms with Gasteiger partial charge >= 0.3 is 0 Å². The van der Waals surface area contributed by atoms with Crippen LogP contribution in [0.3, 0.4) is 0 Å². The lowest BCUT2D eigenvalue weighted by Gasteiger charge is -2.28. The van der Waals surface area contributed by atoms with E-state index in [1.54, 1.807) is 7.11 Å². The molecule has 4 nitrogen and oxygen atoms in total. The second kappa shape index (κ2) is 8.94. The van der Waals surface area contributed by atoms with Gasteiger partial charge in [-0.1, -0.05) is 26.5 Å². The third-order valence-corrected chi connectivity index (χ3v) is 3.38. The third-order valence-electron chi connectivity index (χ3n) is 3.38. The van der Waals surface area contributed by atoms with Crippen molar-refractivity contribution in [1.82, 2.24) is 10.2 Å². The van der Waals surface area contributed by atoms with Crippen molar-refractivity contribution < 1.29 is 9.47 Å². The highest BCUT2D eigenvalue weighted by atomic mass is 16.5. The number of benzene rings is 1. The van der Waals surface area contributed by atoms with Crippen LogP contribution in [-0.2, 0) is 6.54 Å². The van der Waals surface area contributed by atoms with E-state index in [2.05, 4.69) is 50.8 Å². The SMILES string of the molecule is C=C(C)COc1cc(CNCC(C)(C)CN(C)C)ccc1OC. The molecular formula is C19H32N2O2. The number of hydrogen-bond acceptors (Lipinski definition) is 4. The summed E-state index contributed by atoms with van der Waals surface area (Å²) in [7, 11) is 5.87. The van der Waals surface area contributed by atoms with Crippen molar-refractivity contribution in [2.24, 2.45) is 5.41 Å². The Morgan fingerprint density at radius 1 is 1.26 bits per heavy atom. The lowest BCUT2D eigenvalue weighted by atomic mass is 9.93. The first kappa shape index (κ1) is 19.5. The monoisotopic (exact) mass is 320 g/mol. The molecule has 1 rings (SSSR count). The smallest absolute Gasteiger partial charge is 0.161 e. The second-order valence-electron chi connectivity index (χ2n) is 7.24. The summed E-state index contributed by atoms with van der Waals surface area (Å²) in [5, 5.41) is 3.54. The Balaban J connectivity index is 2.63. The van der Waals surface area contributed by atoms with Gasteiger partial charge in [0.25, 0.3) is 0 Å². The average Bonchev–Trinajstić information content (AvgIpc) is 2.43. The topological polar surface area (TPSA) is 33.7 Å². The minimum atomic E-state index is 0.231. The lowest BCUT2D eigenvalue weighted by molar-refractivity contribution is 0.232. The molecule has 0 bridgehead atoms. The maximum Gasteiger partial charge on any atom is 0.161 e. The van der Waals surface area contributed by atoms with Crippen LogP contribution in [0, 0.1) is 5.41 Å². The molecule has 1 N–H and O–H groups in total. The van der Waals surface area contributed by atoms with E-state index in [1.807, 2.05) is 19.1 Å². The number of hydrogen-bond donors (Lipinski definition) is 1. The fourth-order valence-electron chi connectivity index (χ4n) is 2.60. The minimum absolute atomic E-state index is 0.231. The van der Waals surface area contributed by atoms with Gasteiger partial charge in [0, 0.05) is 19.6 Å². The van der Waals surface area contributed by atoms with Gasteiger partial charge in [-0.3, -0.25) is 0 Å². The fraction of sp³-hybridized carbons (Fsp3) is 0.579. The van der Waals surface area contributed by atoms with Crippen LogP contribution in [-0.4, -0.2) is 45.8 Å². The van der Waals surface area contributed by atoms with Crippen LogP contribution in [0.2, 0.25) is 0 Å². The first-order valence-electron chi connectivity index (χ1n) is 8.03. The van der Waals surface area contributed by atoms with E-state index in [-0.39, 0.29) is 5.41 Å². The van der Waals surface area contributed by atoms with Gasteiger partial charge in [-0.15, -0.1) is 0 Å². The molecule has 0 aliphatic rings. The summed E-state index contributed by atoms with van der Waals surface area (Å²) in [6.07, 6.45) is 0. The molecule has 0 atom stereocenters. The van der Waals surface area contributed by atoms with Crippen LogP contribution in [0.25, 0.3) is 0 Å². The summed E-state index contributed by atoms with van der Waals surface area (Å²) >= 11 is 0. The van der Waals surface area contributed by atoms with Gasteiger partial charge in [0.2, 0.25) is 0 Å². The maximum absolute atomic E-state index is 5.77. The quantitative estimate of drug-likeness (QED) is 0.671. The molecule has 0 saturated heterocycles. The van der Waals surface area contributed by atoms with E-state index in [1.165, 1.54) is 5.56 Å². The Hall–Kier alpha value is -1.52. The molecule has 0 unspecified atom stereocenters. The standard InChI is InChI=1S/C19H32N2O2/c1-15(2)12-23-18-10-16(8-9-17(18)22-7)11-20-13-19(3,4)14-21(5)6/h8-10,20H,1,11-14H2,2-7H3. The van der Waals surface area contributed by atoms with Gasteiger partial charge in [0.1, 0.15) is 6.61 Å². The van der Waals surface area contributed by atoms with Gasteiger partial charge < -0.3 is 19.7 Å². The molecular weight excluding hydrogens is 288 g/mol. The van der Waals surface area contributed by atoms with E-state index in [9.17, 15) is 0 Å². The van der Waals surface area contributed by atoms with E-state index in [4.69, 9.17) is 9.47 Å². The van der Waals surface area contributed by atoms with Crippen LogP contribution in [0.1, 0.15) is 26.3 Å². The predicted molar refractivity (Wildman–Crippen MR) is 97.3 cm³/mol. The van der Waals surface area contributed by atoms with Crippen molar-refractivity contribution in [2.75, 3.05) is 40.9 Å². The zero-order valence-corrected chi connectivity index (χ0v) is 15.5. The predicted octanol–water partition coefficient (Wildman–Crippen LogP) is 3.33. The van der Waals surface area contributed by atoms with Crippen molar-refractivity contribution in [3.05, 3.63) is 35.9 Å². The second-order valence-corrected chi connectivity index (χ2v) is 7.24. The summed E-state index contributed by atoms with van der Waals surface area (Å²) in [6, 6.07) is 6.06. The summed E-state index contributed by atoms with van der Waals surface area (Å²) in [6.45, 7) is 13.7. The van der Waals surface area contributed by atoms with Crippen molar-refractivity contribution in [2.45, 2.75) is 27.3 Å². The maximum atomic E-state index is 5.77. The molecule has 0 aliphatic heterocycles. The molecule has 0 aromatic heterocycles. The number of methoxy groups -OCH3 is 1. The number of nitrogens with zero attached hydrogens (tertiary/aromatic N) is 1. The van der Waals surface area contributed by atoms with Crippen molar-refractivity contribution in [1.29, 1.82) is 0 Å². The Morgan fingerprint density at radius 2 is 1.96 bits per heavy atom. The van der Waals surface area contributed by atoms with Gasteiger partial charge in [-0.2, -0.15) is 0 Å². The first-order chi connectivity index (χ1) is 10.7. The van der Waals surface area contributed by atoms with Gasteiger partial charge in [0.05, 0.1) is 7.11 Å². The van der Waals surface area contributed by atoms with E-state index in [0.717, 1.165) is 36.7 Å². The molecule has 0 amide bonds. The molecule has 0 radical (unpaired) electrons. The van der Waals surface area contributed by atoms with E-state index < -0.39 is 0 Å². The Morgan fingerprint density at radius 3 is 2.52 bits per heavy atom. The molecule has 0 heterocycles. The fourth-order valence-corrected chi connectivity index (χ4v) is 2.60. The Bertz CT molecular complexity index is 510. The number of ether oxygens (including phenoxy) is 2. The molecule has 0 aliphatic carbocycles. The van der Waals surface area contributed by atoms with Gasteiger partial charge in [-0.05, 0) is 49.7 Å². The van der Waals surface area contributed by atoms with Crippen LogP contribution >= 0.6 is 0 Å². The van der Waals surface area contributed by atoms with E-state index >= 15 is 0 Å². The highest BCUT2D eigenvalue weighted by Gasteiger charge is 2.18. The normalized spacial score (nSPS) is 11.6. The Labute approximate surface area is 141 Å². The summed E-state index contributed by atoms with van der Waals surface area (Å²) < 4.78 is 11.1. The first-order valence-corrected chi connectivity index (χ1v) is 8.03. The Kier molecular flexibility index (Phi) is 7.59. The zero-order chi connectivity index (χ0) is 17.5. The van der Waals surface area contributed by atoms with Gasteiger partial charge in [0.15, 0.2) is 11.5 Å². The van der Waals surface area contributed by atoms with Gasteiger partial charge in [-0.25, -0.2) is 0 Å². The highest BCUT2D eigenvalue weighted by Crippen LogP contribution is 2.28. The van der Waals surface area contributed by atoms with Crippen LogP contribution in [0.15, 0.2) is 30.4 Å². The van der Waals surface area contributed by atoms with Crippen molar-refractivity contribution in [3.8, 4) is 11.5 Å².